The zero-order valence-electron chi connectivity index (χ0n) is 9.57. The third-order valence-corrected chi connectivity index (χ3v) is 3.07. The van der Waals surface area contributed by atoms with Gasteiger partial charge in [0.2, 0.25) is 0 Å². The first-order chi connectivity index (χ1) is 8.26. The summed E-state index contributed by atoms with van der Waals surface area (Å²) in [5.41, 5.74) is 1.09. The van der Waals surface area contributed by atoms with Crippen molar-refractivity contribution in [2.45, 2.75) is 0 Å². The number of anilines is 1. The highest BCUT2D eigenvalue weighted by Gasteiger charge is 2.00. The molecule has 0 saturated carbocycles. The molecule has 0 atom stereocenters. The third kappa shape index (κ3) is 1.68. The van der Waals surface area contributed by atoms with Gasteiger partial charge in [-0.25, -0.2) is 0 Å². The number of hydrogen-bond acceptors (Lipinski definition) is 2. The summed E-state index contributed by atoms with van der Waals surface area (Å²) in [6.45, 7) is 0. The van der Waals surface area contributed by atoms with Crippen molar-refractivity contribution >= 4 is 27.2 Å². The maximum atomic E-state index is 9.49. The molecule has 2 nitrogen and oxygen atoms in total. The Morgan fingerprint density at radius 2 is 1.41 bits per heavy atom. The lowest BCUT2D eigenvalue weighted by atomic mass is 10.0. The molecule has 3 rings (SSSR count). The molecule has 0 amide bonds. The molecule has 0 heterocycles. The Labute approximate surface area is 99.5 Å². The summed E-state index contributed by atoms with van der Waals surface area (Å²) < 4.78 is 0. The molecule has 2 N–H and O–H groups in total. The van der Waals surface area contributed by atoms with Gasteiger partial charge in [0.05, 0.1) is 0 Å². The molecule has 0 fully saturated rings. The van der Waals surface area contributed by atoms with Crippen LogP contribution in [0.4, 0.5) is 5.69 Å². The summed E-state index contributed by atoms with van der Waals surface area (Å²) >= 11 is 0. The minimum atomic E-state index is 0.307. The van der Waals surface area contributed by atoms with Crippen molar-refractivity contribution in [3.63, 3.8) is 0 Å². The van der Waals surface area contributed by atoms with Crippen molar-refractivity contribution < 1.29 is 5.11 Å². The van der Waals surface area contributed by atoms with E-state index in [4.69, 9.17) is 0 Å². The molecule has 0 bridgehead atoms. The van der Waals surface area contributed by atoms with E-state index in [9.17, 15) is 5.11 Å². The number of phenolic OH excluding ortho intramolecular Hbond substituents is 1. The molecular weight excluding hydrogens is 210 g/mol. The second-order valence-electron chi connectivity index (χ2n) is 4.20. The highest BCUT2D eigenvalue weighted by molar-refractivity contribution is 5.99. The van der Waals surface area contributed by atoms with Crippen LogP contribution in [0.1, 0.15) is 0 Å². The predicted molar refractivity (Wildman–Crippen MR) is 72.7 cm³/mol. The lowest BCUT2D eigenvalue weighted by Gasteiger charge is -2.05. The van der Waals surface area contributed by atoms with Crippen LogP contribution in [-0.2, 0) is 0 Å². The van der Waals surface area contributed by atoms with E-state index in [0.717, 1.165) is 16.5 Å². The number of nitrogens with one attached hydrogen (secondary N) is 1. The van der Waals surface area contributed by atoms with Crippen LogP contribution in [0, 0.1) is 0 Å². The topological polar surface area (TPSA) is 32.3 Å². The molecule has 0 aliphatic heterocycles. The minimum absolute atomic E-state index is 0.307. The number of rotatable bonds is 1. The van der Waals surface area contributed by atoms with Crippen molar-refractivity contribution in [1.82, 2.24) is 0 Å². The van der Waals surface area contributed by atoms with E-state index in [1.165, 1.54) is 10.8 Å². The number of phenols is 1. The maximum absolute atomic E-state index is 9.49. The molecule has 3 aromatic carbocycles. The first kappa shape index (κ1) is 9.97. The van der Waals surface area contributed by atoms with Gasteiger partial charge in [-0.15, -0.1) is 0 Å². The second kappa shape index (κ2) is 3.67. The van der Waals surface area contributed by atoms with E-state index in [-0.39, 0.29) is 0 Å². The fraction of sp³-hybridized carbons (Fsp3) is 0.0667. The first-order valence-electron chi connectivity index (χ1n) is 5.60. The Balaban J connectivity index is 2.36. The molecule has 0 spiro atoms. The summed E-state index contributed by atoms with van der Waals surface area (Å²) in [5, 5.41) is 17.2. The SMILES string of the molecule is CNc1ccc2cc3ccc(O)cc3cc2c1. The molecule has 0 radical (unpaired) electrons. The van der Waals surface area contributed by atoms with E-state index in [0.29, 0.717) is 5.75 Å². The zero-order chi connectivity index (χ0) is 11.8. The van der Waals surface area contributed by atoms with Gasteiger partial charge < -0.3 is 10.4 Å². The molecule has 2 heteroatoms. The largest absolute Gasteiger partial charge is 0.508 e. The van der Waals surface area contributed by atoms with Crippen LogP contribution in [0.3, 0.4) is 0 Å². The van der Waals surface area contributed by atoms with Gasteiger partial charge in [0.25, 0.3) is 0 Å². The van der Waals surface area contributed by atoms with Crippen molar-refractivity contribution in [1.29, 1.82) is 0 Å². The highest BCUT2D eigenvalue weighted by Crippen LogP contribution is 2.27. The summed E-state index contributed by atoms with van der Waals surface area (Å²) in [6, 6.07) is 16.0. The minimum Gasteiger partial charge on any atom is -0.508 e. The molecule has 0 unspecified atom stereocenters. The van der Waals surface area contributed by atoms with Crippen LogP contribution in [-0.4, -0.2) is 12.2 Å². The van der Waals surface area contributed by atoms with Crippen LogP contribution in [0.5, 0.6) is 5.75 Å². The number of hydrogen-bond donors (Lipinski definition) is 2. The molecule has 84 valence electrons. The van der Waals surface area contributed by atoms with Gasteiger partial charge in [-0.1, -0.05) is 12.1 Å². The Bertz CT molecular complexity index is 704. The Morgan fingerprint density at radius 1 is 0.765 bits per heavy atom. The molecular formula is C15H13NO. The summed E-state index contributed by atoms with van der Waals surface area (Å²) in [7, 11) is 1.91. The molecule has 0 aliphatic carbocycles. The Kier molecular flexibility index (Phi) is 2.15. The van der Waals surface area contributed by atoms with E-state index >= 15 is 0 Å². The van der Waals surface area contributed by atoms with Crippen LogP contribution < -0.4 is 5.32 Å². The lowest BCUT2D eigenvalue weighted by Crippen LogP contribution is -1.87. The standard InChI is InChI=1S/C15H13NO/c1-16-14-4-2-10-6-11-3-5-15(17)9-13(11)7-12(10)8-14/h2-9,16-17H,1H3. The fourth-order valence-electron chi connectivity index (χ4n) is 2.14. The van der Waals surface area contributed by atoms with Gasteiger partial charge in [-0.2, -0.15) is 0 Å². The molecule has 0 aromatic heterocycles. The molecule has 0 aliphatic rings. The zero-order valence-corrected chi connectivity index (χ0v) is 9.57. The second-order valence-corrected chi connectivity index (χ2v) is 4.20. The quantitative estimate of drug-likeness (QED) is 0.616. The van der Waals surface area contributed by atoms with E-state index in [1.807, 2.05) is 13.1 Å². The van der Waals surface area contributed by atoms with Gasteiger partial charge in [0.15, 0.2) is 0 Å². The fourth-order valence-corrected chi connectivity index (χ4v) is 2.14. The van der Waals surface area contributed by atoms with Crippen molar-refractivity contribution in [3.8, 4) is 5.75 Å². The van der Waals surface area contributed by atoms with Crippen molar-refractivity contribution in [2.75, 3.05) is 12.4 Å². The smallest absolute Gasteiger partial charge is 0.116 e. The van der Waals surface area contributed by atoms with Crippen LogP contribution in [0.25, 0.3) is 21.5 Å². The van der Waals surface area contributed by atoms with Crippen molar-refractivity contribution in [3.05, 3.63) is 48.5 Å². The van der Waals surface area contributed by atoms with Crippen LogP contribution in [0.2, 0.25) is 0 Å². The first-order valence-corrected chi connectivity index (χ1v) is 5.60. The number of benzene rings is 3. The van der Waals surface area contributed by atoms with E-state index in [1.54, 1.807) is 12.1 Å². The molecule has 3 aromatic rings. The van der Waals surface area contributed by atoms with Gasteiger partial charge in [-0.3, -0.25) is 0 Å². The Morgan fingerprint density at radius 3 is 2.18 bits per heavy atom. The average molecular weight is 223 g/mol. The Hall–Kier alpha value is -2.22. The van der Waals surface area contributed by atoms with E-state index < -0.39 is 0 Å². The van der Waals surface area contributed by atoms with Crippen LogP contribution >= 0.6 is 0 Å². The summed E-state index contributed by atoms with van der Waals surface area (Å²) in [4.78, 5) is 0. The maximum Gasteiger partial charge on any atom is 0.116 e. The predicted octanol–water partition coefficient (Wildman–Crippen LogP) is 3.74. The van der Waals surface area contributed by atoms with Crippen molar-refractivity contribution in [2.24, 2.45) is 0 Å². The summed E-state index contributed by atoms with van der Waals surface area (Å²) in [5.74, 6) is 0.307. The monoisotopic (exact) mass is 223 g/mol. The van der Waals surface area contributed by atoms with Gasteiger partial charge >= 0.3 is 0 Å². The lowest BCUT2D eigenvalue weighted by molar-refractivity contribution is 0.476. The molecule has 0 saturated heterocycles. The van der Waals surface area contributed by atoms with Gasteiger partial charge in [-0.05, 0) is 57.9 Å². The van der Waals surface area contributed by atoms with Crippen LogP contribution in [0.15, 0.2) is 48.5 Å². The third-order valence-electron chi connectivity index (χ3n) is 3.07. The average Bonchev–Trinajstić information content (AvgIpc) is 2.35. The highest BCUT2D eigenvalue weighted by atomic mass is 16.3. The van der Waals surface area contributed by atoms with E-state index in [2.05, 4.69) is 35.6 Å². The number of fused-ring (bicyclic) bond motifs is 2. The summed E-state index contributed by atoms with van der Waals surface area (Å²) in [6.07, 6.45) is 0. The molecule has 17 heavy (non-hydrogen) atoms. The van der Waals surface area contributed by atoms with Gasteiger partial charge in [0.1, 0.15) is 5.75 Å². The van der Waals surface area contributed by atoms with Gasteiger partial charge in [0, 0.05) is 12.7 Å². The number of aromatic hydroxyl groups is 1. The normalized spacial score (nSPS) is 10.9.